The topological polar surface area (TPSA) is 75.8 Å². The molecule has 0 bridgehead atoms. The number of nitrogens with one attached hydrogen (secondary N) is 1. The smallest absolute Gasteiger partial charge is 0.246 e. The van der Waals surface area contributed by atoms with Gasteiger partial charge in [0, 0.05) is 44.4 Å². The third kappa shape index (κ3) is 6.59. The van der Waals surface area contributed by atoms with Gasteiger partial charge in [-0.3, -0.25) is 4.99 Å². The monoisotopic (exact) mass is 519 g/mol. The van der Waals surface area contributed by atoms with Crippen LogP contribution in [-0.2, 0) is 11.3 Å². The summed E-state index contributed by atoms with van der Waals surface area (Å²) in [5, 5.41) is 7.94. The van der Waals surface area contributed by atoms with Gasteiger partial charge in [0.05, 0.1) is 6.54 Å². The second-order valence-corrected chi connectivity index (χ2v) is 7.13. The summed E-state index contributed by atoms with van der Waals surface area (Å²) in [4.78, 5) is 10.9. The van der Waals surface area contributed by atoms with Crippen LogP contribution in [0.3, 0.4) is 0 Å². The van der Waals surface area contributed by atoms with Gasteiger partial charge < -0.3 is 19.5 Å². The molecule has 2 aromatic rings. The zero-order valence-corrected chi connectivity index (χ0v) is 19.3. The summed E-state index contributed by atoms with van der Waals surface area (Å²) in [5.74, 6) is 2.57. The fourth-order valence-corrected chi connectivity index (χ4v) is 3.32. The molecule has 0 saturated carbocycles. The molecular formula is C19H27ClIN5O2. The third-order valence-corrected chi connectivity index (χ3v) is 4.97. The molecule has 1 saturated heterocycles. The Hall–Kier alpha value is -1.39. The summed E-state index contributed by atoms with van der Waals surface area (Å²) >= 11 is 6.02. The molecule has 0 aliphatic carbocycles. The molecule has 0 spiro atoms. The predicted molar refractivity (Wildman–Crippen MR) is 121 cm³/mol. The predicted octanol–water partition coefficient (Wildman–Crippen LogP) is 3.83. The van der Waals surface area contributed by atoms with Crippen molar-refractivity contribution in [3.8, 4) is 11.4 Å². The van der Waals surface area contributed by atoms with Gasteiger partial charge in [0.25, 0.3) is 0 Å². The fraction of sp³-hybridized carbons (Fsp3) is 0.526. The standard InChI is InChI=1S/C19H26ClN5O2.HI/c1-21-19(25(2)9-6-14-7-10-26-11-8-14)22-13-17-23-18(24-27-17)15-4-3-5-16(20)12-15;/h3-5,12,14H,6-11,13H2,1-2H3,(H,21,22);1H. The van der Waals surface area contributed by atoms with Crippen molar-refractivity contribution in [2.24, 2.45) is 10.9 Å². The molecule has 1 aromatic carbocycles. The molecule has 1 fully saturated rings. The van der Waals surface area contributed by atoms with E-state index in [4.69, 9.17) is 20.9 Å². The van der Waals surface area contributed by atoms with E-state index < -0.39 is 0 Å². The van der Waals surface area contributed by atoms with Gasteiger partial charge in [-0.25, -0.2) is 0 Å². The molecule has 3 rings (SSSR count). The zero-order valence-electron chi connectivity index (χ0n) is 16.2. The van der Waals surface area contributed by atoms with Crippen LogP contribution >= 0.6 is 35.6 Å². The summed E-state index contributed by atoms with van der Waals surface area (Å²) in [6, 6.07) is 7.39. The van der Waals surface area contributed by atoms with Crippen molar-refractivity contribution in [1.29, 1.82) is 0 Å². The molecule has 0 radical (unpaired) electrons. The Morgan fingerprint density at radius 3 is 2.86 bits per heavy atom. The molecule has 9 heteroatoms. The van der Waals surface area contributed by atoms with Gasteiger partial charge in [-0.1, -0.05) is 28.9 Å². The number of hydrogen-bond acceptors (Lipinski definition) is 5. The largest absolute Gasteiger partial charge is 0.381 e. The number of ether oxygens (including phenoxy) is 1. The molecule has 28 heavy (non-hydrogen) atoms. The highest BCUT2D eigenvalue weighted by Crippen LogP contribution is 2.20. The first kappa shape index (κ1) is 22.9. The minimum Gasteiger partial charge on any atom is -0.381 e. The molecule has 0 unspecified atom stereocenters. The summed E-state index contributed by atoms with van der Waals surface area (Å²) in [7, 11) is 3.82. The van der Waals surface area contributed by atoms with Crippen LogP contribution in [0.25, 0.3) is 11.4 Å². The first-order valence-corrected chi connectivity index (χ1v) is 9.61. The molecular weight excluding hydrogens is 493 g/mol. The lowest BCUT2D eigenvalue weighted by Crippen LogP contribution is -2.39. The Bertz CT molecular complexity index is 764. The van der Waals surface area contributed by atoms with E-state index in [0.29, 0.717) is 23.3 Å². The van der Waals surface area contributed by atoms with E-state index in [-0.39, 0.29) is 24.0 Å². The van der Waals surface area contributed by atoms with E-state index in [2.05, 4.69) is 25.3 Å². The highest BCUT2D eigenvalue weighted by molar-refractivity contribution is 14.0. The molecule has 1 aromatic heterocycles. The van der Waals surface area contributed by atoms with Gasteiger partial charge in [0.1, 0.15) is 0 Å². The van der Waals surface area contributed by atoms with Crippen molar-refractivity contribution in [1.82, 2.24) is 20.4 Å². The van der Waals surface area contributed by atoms with Gasteiger partial charge in [0.15, 0.2) is 5.96 Å². The van der Waals surface area contributed by atoms with Crippen molar-refractivity contribution in [2.45, 2.75) is 25.8 Å². The Balaban J connectivity index is 0.00000280. The highest BCUT2D eigenvalue weighted by atomic mass is 127. The van der Waals surface area contributed by atoms with Gasteiger partial charge in [-0.15, -0.1) is 24.0 Å². The van der Waals surface area contributed by atoms with Crippen LogP contribution in [0.1, 0.15) is 25.2 Å². The minimum absolute atomic E-state index is 0. The van der Waals surface area contributed by atoms with E-state index in [1.165, 1.54) is 0 Å². The van der Waals surface area contributed by atoms with Crippen molar-refractivity contribution < 1.29 is 9.26 Å². The van der Waals surface area contributed by atoms with E-state index in [0.717, 1.165) is 56.5 Å². The maximum atomic E-state index is 6.02. The number of nitrogens with zero attached hydrogens (tertiary/aromatic N) is 4. The van der Waals surface area contributed by atoms with E-state index in [1.54, 1.807) is 7.05 Å². The van der Waals surface area contributed by atoms with Crippen LogP contribution in [-0.4, -0.2) is 54.9 Å². The van der Waals surface area contributed by atoms with Crippen LogP contribution in [0.5, 0.6) is 0 Å². The molecule has 0 amide bonds. The second kappa shape index (κ2) is 11.6. The van der Waals surface area contributed by atoms with E-state index >= 15 is 0 Å². The minimum atomic E-state index is 0. The van der Waals surface area contributed by atoms with E-state index in [9.17, 15) is 0 Å². The first-order valence-electron chi connectivity index (χ1n) is 9.23. The molecule has 7 nitrogen and oxygen atoms in total. The van der Waals surface area contributed by atoms with Gasteiger partial charge in [0.2, 0.25) is 11.7 Å². The van der Waals surface area contributed by atoms with Gasteiger partial charge in [-0.05, 0) is 37.3 Å². The number of aliphatic imine (C=N–C) groups is 1. The van der Waals surface area contributed by atoms with Crippen molar-refractivity contribution in [2.75, 3.05) is 33.9 Å². The Morgan fingerprint density at radius 1 is 1.36 bits per heavy atom. The summed E-state index contributed by atoms with van der Waals surface area (Å²) in [6.45, 7) is 3.13. The van der Waals surface area contributed by atoms with Gasteiger partial charge in [-0.2, -0.15) is 4.98 Å². The van der Waals surface area contributed by atoms with Crippen LogP contribution in [0, 0.1) is 5.92 Å². The maximum Gasteiger partial charge on any atom is 0.246 e. The van der Waals surface area contributed by atoms with Crippen molar-refractivity contribution >= 4 is 41.5 Å². The Morgan fingerprint density at radius 2 is 2.14 bits per heavy atom. The van der Waals surface area contributed by atoms with Crippen LogP contribution in [0.15, 0.2) is 33.8 Å². The number of halogens is 2. The lowest BCUT2D eigenvalue weighted by Gasteiger charge is -2.26. The van der Waals surface area contributed by atoms with E-state index in [1.807, 2.05) is 31.3 Å². The molecule has 1 N–H and O–H groups in total. The molecule has 0 atom stereocenters. The zero-order chi connectivity index (χ0) is 19.1. The molecule has 154 valence electrons. The summed E-state index contributed by atoms with van der Waals surface area (Å²) < 4.78 is 10.8. The highest BCUT2D eigenvalue weighted by Gasteiger charge is 2.16. The average molecular weight is 520 g/mol. The lowest BCUT2D eigenvalue weighted by atomic mass is 9.96. The maximum absolute atomic E-state index is 6.02. The quantitative estimate of drug-likeness (QED) is 0.355. The average Bonchev–Trinajstić information content (AvgIpc) is 3.17. The van der Waals surface area contributed by atoms with Crippen LogP contribution < -0.4 is 5.32 Å². The fourth-order valence-electron chi connectivity index (χ4n) is 3.13. The summed E-state index contributed by atoms with van der Waals surface area (Å²) in [6.07, 6.45) is 3.43. The Labute approximate surface area is 187 Å². The van der Waals surface area contributed by atoms with Crippen LogP contribution in [0.4, 0.5) is 0 Å². The molecule has 1 aliphatic rings. The number of hydrogen-bond donors (Lipinski definition) is 1. The van der Waals surface area contributed by atoms with Crippen LogP contribution in [0.2, 0.25) is 5.02 Å². The normalized spacial score (nSPS) is 15.2. The molecule has 1 aliphatic heterocycles. The number of guanidine groups is 1. The molecule has 2 heterocycles. The first-order chi connectivity index (χ1) is 13.2. The Kier molecular flexibility index (Phi) is 9.46. The van der Waals surface area contributed by atoms with Gasteiger partial charge >= 0.3 is 0 Å². The third-order valence-electron chi connectivity index (χ3n) is 4.74. The van der Waals surface area contributed by atoms with Crippen molar-refractivity contribution in [3.63, 3.8) is 0 Å². The van der Waals surface area contributed by atoms with Crippen molar-refractivity contribution in [3.05, 3.63) is 35.2 Å². The summed E-state index contributed by atoms with van der Waals surface area (Å²) in [5.41, 5.74) is 0.829. The lowest BCUT2D eigenvalue weighted by molar-refractivity contribution is 0.0625. The number of rotatable bonds is 6. The SMILES string of the molecule is CN=C(NCc1nc(-c2cccc(Cl)c2)no1)N(C)CCC1CCOCC1.I. The number of benzene rings is 1. The number of aromatic nitrogens is 2. The second-order valence-electron chi connectivity index (χ2n) is 6.69.